The molecule has 2 N–H and O–H groups in total. The molecular weight excluding hydrogens is 198 g/mol. The Morgan fingerprint density at radius 3 is 2.00 bits per heavy atom. The van der Waals surface area contributed by atoms with Gasteiger partial charge in [0.2, 0.25) is 0 Å². The number of hydroxylamine groups is 2. The van der Waals surface area contributed by atoms with E-state index in [2.05, 4.69) is 0 Å². The minimum Gasteiger partial charge on any atom is -0.450 e. The third-order valence-electron chi connectivity index (χ3n) is 2.87. The number of nitrogens with zero attached hydrogens (tertiary/aromatic N) is 1. The van der Waals surface area contributed by atoms with Gasteiger partial charge in [-0.2, -0.15) is 5.06 Å². The van der Waals surface area contributed by atoms with E-state index in [0.29, 0.717) is 12.8 Å². The van der Waals surface area contributed by atoms with Crippen molar-refractivity contribution in [3.63, 3.8) is 0 Å². The molecule has 15 heavy (non-hydrogen) atoms. The highest BCUT2D eigenvalue weighted by Crippen LogP contribution is 2.37. The number of carboxylic acid groups (broad SMARTS) is 1. The van der Waals surface area contributed by atoms with E-state index < -0.39 is 17.2 Å². The van der Waals surface area contributed by atoms with Gasteiger partial charge in [0.05, 0.1) is 0 Å². The lowest BCUT2D eigenvalue weighted by molar-refractivity contribution is -0.257. The van der Waals surface area contributed by atoms with E-state index in [1.165, 1.54) is 5.06 Å². The number of piperidine rings is 1. The van der Waals surface area contributed by atoms with Gasteiger partial charge in [-0.3, -0.25) is 0 Å². The second-order valence-corrected chi connectivity index (χ2v) is 5.35. The number of rotatable bonds is 1. The van der Waals surface area contributed by atoms with E-state index in [9.17, 15) is 10.0 Å². The van der Waals surface area contributed by atoms with Crippen LogP contribution in [0.15, 0.2) is 0 Å². The molecule has 0 unspecified atom stereocenters. The third-order valence-corrected chi connectivity index (χ3v) is 2.87. The van der Waals surface area contributed by atoms with Crippen molar-refractivity contribution < 1.29 is 19.8 Å². The minimum atomic E-state index is -1.25. The molecule has 0 aliphatic carbocycles. The molecule has 0 amide bonds. The first-order valence-electron chi connectivity index (χ1n) is 5.04. The molecule has 0 bridgehead atoms. The highest BCUT2D eigenvalue weighted by atomic mass is 16.7. The summed E-state index contributed by atoms with van der Waals surface area (Å²) in [5.74, 6) is 0. The summed E-state index contributed by atoms with van der Waals surface area (Å²) < 4.78 is 4.79. The van der Waals surface area contributed by atoms with Crippen LogP contribution in [0.5, 0.6) is 0 Å². The van der Waals surface area contributed by atoms with Crippen molar-refractivity contribution in [2.45, 2.75) is 57.7 Å². The molecule has 1 saturated heterocycles. The zero-order valence-corrected chi connectivity index (χ0v) is 9.65. The molecule has 0 atom stereocenters. The predicted molar refractivity (Wildman–Crippen MR) is 53.9 cm³/mol. The molecular formula is C10H19NO4. The molecule has 5 nitrogen and oxygen atoms in total. The highest BCUT2D eigenvalue weighted by molar-refractivity contribution is 5.57. The maximum Gasteiger partial charge on any atom is 0.506 e. The average Bonchev–Trinajstić information content (AvgIpc) is 1.97. The van der Waals surface area contributed by atoms with Gasteiger partial charge in [0, 0.05) is 23.9 Å². The molecule has 0 spiro atoms. The number of carbonyl (C=O) groups is 1. The summed E-state index contributed by atoms with van der Waals surface area (Å²) in [6.45, 7) is 7.47. The lowest BCUT2D eigenvalue weighted by atomic mass is 9.80. The molecule has 1 aliphatic rings. The van der Waals surface area contributed by atoms with Gasteiger partial charge < -0.3 is 15.1 Å². The second kappa shape index (κ2) is 3.64. The topological polar surface area (TPSA) is 70.0 Å². The maximum absolute atomic E-state index is 10.5. The predicted octanol–water partition coefficient (Wildman–Crippen LogP) is 2.09. The normalized spacial score (nSPS) is 26.2. The fourth-order valence-electron chi connectivity index (χ4n) is 2.40. The van der Waals surface area contributed by atoms with Crippen LogP contribution >= 0.6 is 0 Å². The van der Waals surface area contributed by atoms with Gasteiger partial charge in [0.1, 0.15) is 6.10 Å². The number of ether oxygens (including phenoxy) is 1. The smallest absolute Gasteiger partial charge is 0.450 e. The Labute approximate surface area is 89.6 Å². The Hall–Kier alpha value is -0.810. The molecule has 0 aromatic heterocycles. The Morgan fingerprint density at radius 2 is 1.67 bits per heavy atom. The lowest BCUT2D eigenvalue weighted by Gasteiger charge is -2.50. The first-order valence-corrected chi connectivity index (χ1v) is 5.04. The summed E-state index contributed by atoms with van der Waals surface area (Å²) in [6, 6.07) is 0. The van der Waals surface area contributed by atoms with Gasteiger partial charge in [-0.25, -0.2) is 4.79 Å². The number of hydrogen-bond donors (Lipinski definition) is 2. The van der Waals surface area contributed by atoms with Gasteiger partial charge in [-0.15, -0.1) is 0 Å². The molecule has 1 heterocycles. The Morgan fingerprint density at radius 1 is 1.27 bits per heavy atom. The van der Waals surface area contributed by atoms with E-state index in [0.717, 1.165) is 0 Å². The molecule has 0 aromatic rings. The van der Waals surface area contributed by atoms with Crippen LogP contribution in [0.4, 0.5) is 4.79 Å². The molecule has 0 radical (unpaired) electrons. The SMILES string of the molecule is CC1(C)CC(OC(=O)O)CC(C)(C)N1O. The van der Waals surface area contributed by atoms with Crippen LogP contribution in [0.2, 0.25) is 0 Å². The quantitative estimate of drug-likeness (QED) is 0.658. The zero-order valence-electron chi connectivity index (χ0n) is 9.65. The summed E-state index contributed by atoms with van der Waals surface area (Å²) in [6.07, 6.45) is -0.604. The van der Waals surface area contributed by atoms with E-state index in [1.807, 2.05) is 27.7 Å². The zero-order chi connectivity index (χ0) is 11.9. The van der Waals surface area contributed by atoms with Crippen LogP contribution in [0.3, 0.4) is 0 Å². The molecule has 88 valence electrons. The molecule has 1 fully saturated rings. The molecule has 0 saturated carbocycles. The van der Waals surface area contributed by atoms with Gasteiger partial charge >= 0.3 is 6.16 Å². The van der Waals surface area contributed by atoms with E-state index in [4.69, 9.17) is 9.84 Å². The molecule has 1 aliphatic heterocycles. The largest absolute Gasteiger partial charge is 0.506 e. The van der Waals surface area contributed by atoms with Crippen molar-refractivity contribution in [3.05, 3.63) is 0 Å². The summed E-state index contributed by atoms with van der Waals surface area (Å²) >= 11 is 0. The second-order valence-electron chi connectivity index (χ2n) is 5.35. The summed E-state index contributed by atoms with van der Waals surface area (Å²) in [5, 5.41) is 19.8. The highest BCUT2D eigenvalue weighted by Gasteiger charge is 2.46. The van der Waals surface area contributed by atoms with Crippen LogP contribution in [-0.4, -0.2) is 38.7 Å². The third kappa shape index (κ3) is 2.60. The van der Waals surface area contributed by atoms with Gasteiger partial charge in [0.25, 0.3) is 0 Å². The fraction of sp³-hybridized carbons (Fsp3) is 0.900. The van der Waals surface area contributed by atoms with Crippen molar-refractivity contribution in [3.8, 4) is 0 Å². The van der Waals surface area contributed by atoms with E-state index in [-0.39, 0.29) is 6.10 Å². The Kier molecular flexibility index (Phi) is 2.98. The van der Waals surface area contributed by atoms with Crippen LogP contribution in [0.1, 0.15) is 40.5 Å². The van der Waals surface area contributed by atoms with Gasteiger partial charge in [-0.05, 0) is 27.7 Å². The maximum atomic E-state index is 10.5. The monoisotopic (exact) mass is 217 g/mol. The lowest BCUT2D eigenvalue weighted by Crippen LogP contribution is -2.60. The molecule has 1 rings (SSSR count). The Bertz CT molecular complexity index is 244. The minimum absolute atomic E-state index is 0.351. The number of hydrogen-bond acceptors (Lipinski definition) is 4. The van der Waals surface area contributed by atoms with Crippen molar-refractivity contribution in [1.82, 2.24) is 5.06 Å². The Balaban J connectivity index is 2.79. The van der Waals surface area contributed by atoms with Crippen molar-refractivity contribution in [2.75, 3.05) is 0 Å². The van der Waals surface area contributed by atoms with Gasteiger partial charge in [-0.1, -0.05) is 0 Å². The van der Waals surface area contributed by atoms with Crippen LogP contribution in [-0.2, 0) is 4.74 Å². The summed E-state index contributed by atoms with van der Waals surface area (Å²) in [5.41, 5.74) is -0.941. The van der Waals surface area contributed by atoms with Crippen molar-refractivity contribution >= 4 is 6.16 Å². The first kappa shape index (κ1) is 12.3. The van der Waals surface area contributed by atoms with Gasteiger partial charge in [0.15, 0.2) is 0 Å². The van der Waals surface area contributed by atoms with Crippen molar-refractivity contribution in [2.24, 2.45) is 0 Å². The van der Waals surface area contributed by atoms with Crippen molar-refractivity contribution in [1.29, 1.82) is 0 Å². The molecule has 5 heteroatoms. The van der Waals surface area contributed by atoms with Crippen LogP contribution in [0.25, 0.3) is 0 Å². The fourth-order valence-corrected chi connectivity index (χ4v) is 2.40. The van der Waals surface area contributed by atoms with Crippen LogP contribution < -0.4 is 0 Å². The van der Waals surface area contributed by atoms with E-state index >= 15 is 0 Å². The summed E-state index contributed by atoms with van der Waals surface area (Å²) in [4.78, 5) is 10.5. The first-order chi connectivity index (χ1) is 6.65. The summed E-state index contributed by atoms with van der Waals surface area (Å²) in [7, 11) is 0. The standard InChI is InChI=1S/C10H19NO4/c1-9(2)5-7(15-8(12)13)6-10(3,4)11(9)14/h7,14H,5-6H2,1-4H3,(H,12,13). The average molecular weight is 217 g/mol. The molecule has 0 aromatic carbocycles. The van der Waals surface area contributed by atoms with Crippen LogP contribution in [0, 0.1) is 0 Å². The van der Waals surface area contributed by atoms with E-state index in [1.54, 1.807) is 0 Å².